The van der Waals surface area contributed by atoms with Gasteiger partial charge >= 0.3 is 0 Å². The van der Waals surface area contributed by atoms with E-state index in [9.17, 15) is 13.6 Å². The molecule has 0 saturated carbocycles. The predicted molar refractivity (Wildman–Crippen MR) is 67.3 cm³/mol. The summed E-state index contributed by atoms with van der Waals surface area (Å²) < 4.78 is 27.2. The number of amides is 1. The first kappa shape index (κ1) is 13.1. The lowest BCUT2D eigenvalue weighted by molar-refractivity contribution is -0.120. The van der Waals surface area contributed by atoms with Gasteiger partial charge in [0.25, 0.3) is 0 Å². The van der Waals surface area contributed by atoms with E-state index < -0.39 is 16.9 Å². The molecule has 2 rings (SSSR count). The van der Waals surface area contributed by atoms with Gasteiger partial charge in [-0.1, -0.05) is 6.42 Å². The minimum Gasteiger partial charge on any atom is -0.399 e. The Morgan fingerprint density at radius 1 is 1.28 bits per heavy atom. The molecule has 1 unspecified atom stereocenters. The van der Waals surface area contributed by atoms with Gasteiger partial charge in [0.1, 0.15) is 11.6 Å². The minimum atomic E-state index is -0.713. The van der Waals surface area contributed by atoms with E-state index in [0.29, 0.717) is 13.0 Å². The van der Waals surface area contributed by atoms with Gasteiger partial charge in [-0.25, -0.2) is 8.78 Å². The van der Waals surface area contributed by atoms with Crippen molar-refractivity contribution < 1.29 is 13.6 Å². The van der Waals surface area contributed by atoms with E-state index in [1.165, 1.54) is 0 Å². The van der Waals surface area contributed by atoms with Gasteiger partial charge < -0.3 is 11.1 Å². The van der Waals surface area contributed by atoms with Crippen LogP contribution in [0.2, 0.25) is 0 Å². The van der Waals surface area contributed by atoms with E-state index in [0.717, 1.165) is 36.7 Å². The third-order valence-corrected chi connectivity index (χ3v) is 4.13. The van der Waals surface area contributed by atoms with Gasteiger partial charge in [0, 0.05) is 12.2 Å². The molecule has 1 saturated heterocycles. The number of nitrogen functional groups attached to an aromatic ring is 1. The Hall–Kier alpha value is -1.30. The van der Waals surface area contributed by atoms with Gasteiger partial charge in [-0.15, -0.1) is 11.8 Å². The van der Waals surface area contributed by atoms with Crippen LogP contribution >= 0.6 is 11.8 Å². The van der Waals surface area contributed by atoms with Crippen molar-refractivity contribution in [2.45, 2.75) is 29.4 Å². The van der Waals surface area contributed by atoms with Crippen LogP contribution in [0.5, 0.6) is 0 Å². The summed E-state index contributed by atoms with van der Waals surface area (Å²) in [6, 6.07) is 2.14. The first-order valence-electron chi connectivity index (χ1n) is 5.77. The first-order chi connectivity index (χ1) is 8.58. The molecule has 1 heterocycles. The standard InChI is InChI=1S/C12H14F2N2OS/c13-8-5-7(15)6-9(14)11(8)18-10-3-1-2-4-16-12(10)17/h5-6,10H,1-4,15H2,(H,16,17). The summed E-state index contributed by atoms with van der Waals surface area (Å²) >= 11 is 0.930. The lowest BCUT2D eigenvalue weighted by Crippen LogP contribution is -2.30. The Balaban J connectivity index is 2.20. The zero-order valence-corrected chi connectivity index (χ0v) is 10.5. The fourth-order valence-corrected chi connectivity index (χ4v) is 2.96. The Morgan fingerprint density at radius 3 is 2.61 bits per heavy atom. The number of nitrogens with two attached hydrogens (primary N) is 1. The monoisotopic (exact) mass is 272 g/mol. The maximum atomic E-state index is 13.6. The largest absolute Gasteiger partial charge is 0.399 e. The highest BCUT2D eigenvalue weighted by atomic mass is 32.2. The van der Waals surface area contributed by atoms with Gasteiger partial charge in [-0.2, -0.15) is 0 Å². The molecular weight excluding hydrogens is 258 g/mol. The Bertz CT molecular complexity index is 444. The Kier molecular flexibility index (Phi) is 4.06. The van der Waals surface area contributed by atoms with E-state index in [2.05, 4.69) is 5.32 Å². The van der Waals surface area contributed by atoms with Crippen molar-refractivity contribution in [3.05, 3.63) is 23.8 Å². The average Bonchev–Trinajstić information content (AvgIpc) is 2.49. The molecule has 0 radical (unpaired) electrons. The lowest BCUT2D eigenvalue weighted by atomic mass is 10.2. The summed E-state index contributed by atoms with van der Waals surface area (Å²) in [6.45, 7) is 0.628. The maximum absolute atomic E-state index is 13.6. The summed E-state index contributed by atoms with van der Waals surface area (Å²) in [7, 11) is 0. The van der Waals surface area contributed by atoms with Gasteiger partial charge in [-0.3, -0.25) is 4.79 Å². The molecule has 6 heteroatoms. The van der Waals surface area contributed by atoms with Crippen LogP contribution in [-0.2, 0) is 4.79 Å². The fraction of sp³-hybridized carbons (Fsp3) is 0.417. The SMILES string of the molecule is Nc1cc(F)c(SC2CCCCNC2=O)c(F)c1. The Morgan fingerprint density at radius 2 is 1.94 bits per heavy atom. The van der Waals surface area contributed by atoms with Crippen LogP contribution in [0, 0.1) is 11.6 Å². The van der Waals surface area contributed by atoms with Crippen molar-refractivity contribution in [1.82, 2.24) is 5.32 Å². The van der Waals surface area contributed by atoms with Gasteiger partial charge in [0.15, 0.2) is 0 Å². The number of carbonyl (C=O) groups excluding carboxylic acids is 1. The van der Waals surface area contributed by atoms with Crippen LogP contribution in [0.3, 0.4) is 0 Å². The van der Waals surface area contributed by atoms with E-state index in [4.69, 9.17) is 5.73 Å². The predicted octanol–water partition coefficient (Wildman–Crippen LogP) is 2.31. The van der Waals surface area contributed by atoms with Gasteiger partial charge in [0.2, 0.25) is 5.91 Å². The first-order valence-corrected chi connectivity index (χ1v) is 6.65. The highest BCUT2D eigenvalue weighted by Gasteiger charge is 2.24. The highest BCUT2D eigenvalue weighted by molar-refractivity contribution is 8.00. The zero-order valence-electron chi connectivity index (χ0n) is 9.71. The smallest absolute Gasteiger partial charge is 0.233 e. The molecule has 1 aromatic rings. The maximum Gasteiger partial charge on any atom is 0.233 e. The molecule has 1 aliphatic rings. The molecule has 1 aromatic carbocycles. The number of halogens is 2. The Labute approximate surface area is 108 Å². The number of thioether (sulfide) groups is 1. The third-order valence-electron chi connectivity index (χ3n) is 2.77. The van der Waals surface area contributed by atoms with Gasteiger partial charge in [0.05, 0.1) is 10.1 Å². The zero-order chi connectivity index (χ0) is 13.1. The number of hydrogen-bond donors (Lipinski definition) is 2. The summed E-state index contributed by atoms with van der Waals surface area (Å²) in [5, 5.41) is 2.29. The van der Waals surface area contributed by atoms with Crippen molar-refractivity contribution in [2.75, 3.05) is 12.3 Å². The second kappa shape index (κ2) is 5.56. The molecule has 1 aliphatic heterocycles. The summed E-state index contributed by atoms with van der Waals surface area (Å²) in [6.07, 6.45) is 2.39. The quantitative estimate of drug-likeness (QED) is 0.812. The number of hydrogen-bond acceptors (Lipinski definition) is 3. The molecule has 1 fully saturated rings. The number of benzene rings is 1. The molecule has 98 valence electrons. The summed E-state index contributed by atoms with van der Waals surface area (Å²) in [5.74, 6) is -1.59. The molecule has 0 spiro atoms. The van der Waals surface area contributed by atoms with Crippen molar-refractivity contribution in [1.29, 1.82) is 0 Å². The molecule has 0 aromatic heterocycles. The van der Waals surface area contributed by atoms with Crippen LogP contribution < -0.4 is 11.1 Å². The van der Waals surface area contributed by atoms with Crippen LogP contribution in [0.1, 0.15) is 19.3 Å². The van der Waals surface area contributed by atoms with E-state index in [1.54, 1.807) is 0 Å². The molecule has 3 nitrogen and oxygen atoms in total. The van der Waals surface area contributed by atoms with Crippen LogP contribution in [0.4, 0.5) is 14.5 Å². The number of nitrogens with one attached hydrogen (secondary N) is 1. The van der Waals surface area contributed by atoms with E-state index in [-0.39, 0.29) is 16.5 Å². The molecule has 1 amide bonds. The number of rotatable bonds is 2. The molecule has 18 heavy (non-hydrogen) atoms. The van der Waals surface area contributed by atoms with Crippen molar-refractivity contribution in [3.8, 4) is 0 Å². The number of anilines is 1. The van der Waals surface area contributed by atoms with Crippen molar-refractivity contribution in [3.63, 3.8) is 0 Å². The molecule has 0 bridgehead atoms. The van der Waals surface area contributed by atoms with Crippen LogP contribution in [0.15, 0.2) is 17.0 Å². The molecular formula is C12H14F2N2OS. The lowest BCUT2D eigenvalue weighted by Gasteiger charge is -2.14. The van der Waals surface area contributed by atoms with E-state index >= 15 is 0 Å². The normalized spacial score (nSPS) is 20.3. The minimum absolute atomic E-state index is 0.0414. The summed E-state index contributed by atoms with van der Waals surface area (Å²) in [5.41, 5.74) is 5.39. The molecule has 1 atom stereocenters. The second-order valence-corrected chi connectivity index (χ2v) is 5.42. The molecule has 3 N–H and O–H groups in total. The van der Waals surface area contributed by atoms with Gasteiger partial charge in [-0.05, 0) is 25.0 Å². The fourth-order valence-electron chi connectivity index (χ4n) is 1.86. The number of carbonyl (C=O) groups is 1. The highest BCUT2D eigenvalue weighted by Crippen LogP contribution is 2.33. The van der Waals surface area contributed by atoms with Crippen molar-refractivity contribution >= 4 is 23.4 Å². The third kappa shape index (κ3) is 2.93. The summed E-state index contributed by atoms with van der Waals surface area (Å²) in [4.78, 5) is 11.6. The molecule has 0 aliphatic carbocycles. The van der Waals surface area contributed by atoms with E-state index in [1.807, 2.05) is 0 Å². The van der Waals surface area contributed by atoms with Crippen LogP contribution in [0.25, 0.3) is 0 Å². The topological polar surface area (TPSA) is 55.1 Å². The average molecular weight is 272 g/mol. The van der Waals surface area contributed by atoms with Crippen molar-refractivity contribution in [2.24, 2.45) is 0 Å². The second-order valence-electron chi connectivity index (χ2n) is 4.21. The van der Waals surface area contributed by atoms with Crippen LogP contribution in [-0.4, -0.2) is 17.7 Å².